The predicted molar refractivity (Wildman–Crippen MR) is 83.4 cm³/mol. The van der Waals surface area contributed by atoms with Gasteiger partial charge in [0, 0.05) is 13.1 Å². The highest BCUT2D eigenvalue weighted by molar-refractivity contribution is 5.31. The lowest BCUT2D eigenvalue weighted by molar-refractivity contribution is 0.242. The van der Waals surface area contributed by atoms with Gasteiger partial charge in [0.25, 0.3) is 5.89 Å². The Kier molecular flexibility index (Phi) is 3.91. The summed E-state index contributed by atoms with van der Waals surface area (Å²) in [5.74, 6) is 3.69. The van der Waals surface area contributed by atoms with E-state index in [-0.39, 0.29) is 6.61 Å². The minimum Gasteiger partial charge on any atom is -0.492 e. The molecule has 0 N–H and O–H groups in total. The van der Waals surface area contributed by atoms with E-state index in [0.29, 0.717) is 17.8 Å². The summed E-state index contributed by atoms with van der Waals surface area (Å²) in [6, 6.07) is 8.26. The average Bonchev–Trinajstić information content (AvgIpc) is 3.48. The lowest BCUT2D eigenvalue weighted by atomic mass is 10.3. The molecule has 6 nitrogen and oxygen atoms in total. The van der Waals surface area contributed by atoms with Crippen LogP contribution in [0, 0.1) is 12.8 Å². The number of aromatic nitrogens is 2. The van der Waals surface area contributed by atoms with Gasteiger partial charge >= 0.3 is 0 Å². The Morgan fingerprint density at radius 3 is 2.57 bits per heavy atom. The smallest absolute Gasteiger partial charge is 0.264 e. The fourth-order valence-electron chi connectivity index (χ4n) is 2.61. The van der Waals surface area contributed by atoms with E-state index in [4.69, 9.17) is 14.0 Å². The van der Waals surface area contributed by atoms with E-state index in [2.05, 4.69) is 15.0 Å². The van der Waals surface area contributed by atoms with Crippen molar-refractivity contribution in [3.8, 4) is 11.5 Å². The highest BCUT2D eigenvalue weighted by atomic mass is 16.5. The summed E-state index contributed by atoms with van der Waals surface area (Å²) in [6.45, 7) is 5.27. The fourth-order valence-corrected chi connectivity index (χ4v) is 2.61. The van der Waals surface area contributed by atoms with Crippen LogP contribution < -0.4 is 9.47 Å². The van der Waals surface area contributed by atoms with Gasteiger partial charge in [-0.2, -0.15) is 4.98 Å². The van der Waals surface area contributed by atoms with Crippen LogP contribution in [0.4, 0.5) is 0 Å². The predicted octanol–water partition coefficient (Wildman–Crippen LogP) is 2.43. The molecule has 1 saturated heterocycles. The van der Waals surface area contributed by atoms with E-state index in [1.807, 2.05) is 24.3 Å². The third-order valence-electron chi connectivity index (χ3n) is 4.22. The molecule has 1 aromatic carbocycles. The summed E-state index contributed by atoms with van der Waals surface area (Å²) in [7, 11) is 0. The molecule has 1 aliphatic heterocycles. The van der Waals surface area contributed by atoms with Crippen LogP contribution in [0.15, 0.2) is 28.8 Å². The second-order valence-corrected chi connectivity index (χ2v) is 6.36. The van der Waals surface area contributed by atoms with Gasteiger partial charge in [-0.3, -0.25) is 4.90 Å². The molecular weight excluding hydrogens is 294 g/mol. The summed E-state index contributed by atoms with van der Waals surface area (Å²) >= 11 is 0. The van der Waals surface area contributed by atoms with Crippen molar-refractivity contribution >= 4 is 0 Å². The number of rotatable bonds is 8. The third kappa shape index (κ3) is 4.01. The maximum absolute atomic E-state index is 5.85. The first-order chi connectivity index (χ1) is 11.3. The Hall–Kier alpha value is -2.08. The Morgan fingerprint density at radius 2 is 1.91 bits per heavy atom. The molecule has 4 rings (SSSR count). The summed E-state index contributed by atoms with van der Waals surface area (Å²) < 4.78 is 16.5. The topological polar surface area (TPSA) is 60.4 Å². The molecule has 2 unspecified atom stereocenters. The minimum absolute atomic E-state index is 0.277. The van der Waals surface area contributed by atoms with Crippen LogP contribution in [-0.4, -0.2) is 40.8 Å². The number of hydrogen-bond donors (Lipinski definition) is 0. The van der Waals surface area contributed by atoms with Crippen molar-refractivity contribution in [1.82, 2.24) is 15.0 Å². The van der Waals surface area contributed by atoms with Crippen molar-refractivity contribution in [3.63, 3.8) is 0 Å². The number of hydrogen-bond acceptors (Lipinski definition) is 6. The quantitative estimate of drug-likeness (QED) is 0.697. The van der Waals surface area contributed by atoms with Crippen LogP contribution in [0.2, 0.25) is 0 Å². The van der Waals surface area contributed by atoms with Gasteiger partial charge in [0.15, 0.2) is 12.4 Å². The van der Waals surface area contributed by atoms with Crippen molar-refractivity contribution in [2.24, 2.45) is 5.92 Å². The zero-order chi connectivity index (χ0) is 15.6. The van der Waals surface area contributed by atoms with E-state index < -0.39 is 0 Å². The normalized spacial score (nSPS) is 22.8. The summed E-state index contributed by atoms with van der Waals surface area (Å²) in [5, 5.41) is 3.73. The lowest BCUT2D eigenvalue weighted by Gasteiger charge is -2.08. The molecular formula is C17H21N3O3. The van der Waals surface area contributed by atoms with Crippen molar-refractivity contribution in [2.75, 3.05) is 19.7 Å². The van der Waals surface area contributed by atoms with Gasteiger partial charge in [-0.1, -0.05) is 5.16 Å². The van der Waals surface area contributed by atoms with E-state index in [1.165, 1.54) is 25.9 Å². The lowest BCUT2D eigenvalue weighted by Crippen LogP contribution is -2.12. The van der Waals surface area contributed by atoms with Crippen molar-refractivity contribution in [2.45, 2.75) is 32.4 Å². The molecule has 0 radical (unpaired) electrons. The van der Waals surface area contributed by atoms with Crippen molar-refractivity contribution < 1.29 is 14.0 Å². The molecule has 2 atom stereocenters. The molecule has 122 valence electrons. The minimum atomic E-state index is 0.277. The van der Waals surface area contributed by atoms with E-state index >= 15 is 0 Å². The van der Waals surface area contributed by atoms with Crippen LogP contribution in [0.25, 0.3) is 0 Å². The zero-order valence-electron chi connectivity index (χ0n) is 13.3. The molecule has 6 heteroatoms. The zero-order valence-corrected chi connectivity index (χ0v) is 13.3. The SMILES string of the molecule is Cc1noc(COc2ccc(OCC3CN3CC3CC3)cc2)n1. The molecule has 2 heterocycles. The standard InChI is InChI=1S/C17H21N3O3/c1-12-18-17(23-19-12)11-22-16-6-4-15(5-7-16)21-10-14-9-20(14)8-13-2-3-13/h4-7,13-14H,2-3,8-11H2,1H3. The molecule has 0 spiro atoms. The van der Waals surface area contributed by atoms with Gasteiger partial charge < -0.3 is 14.0 Å². The second kappa shape index (κ2) is 6.20. The Bertz CT molecular complexity index is 651. The fraction of sp³-hybridized carbons (Fsp3) is 0.529. The van der Waals surface area contributed by atoms with Crippen LogP contribution in [0.3, 0.4) is 0 Å². The van der Waals surface area contributed by atoms with E-state index in [9.17, 15) is 0 Å². The Morgan fingerprint density at radius 1 is 1.17 bits per heavy atom. The Labute approximate surface area is 135 Å². The van der Waals surface area contributed by atoms with Gasteiger partial charge in [-0.25, -0.2) is 0 Å². The number of ether oxygens (including phenoxy) is 2. The number of benzene rings is 1. The molecule has 2 aromatic rings. The summed E-state index contributed by atoms with van der Waals surface area (Å²) in [4.78, 5) is 6.60. The van der Waals surface area contributed by atoms with Crippen LogP contribution in [0.1, 0.15) is 24.6 Å². The third-order valence-corrected chi connectivity index (χ3v) is 4.22. The monoisotopic (exact) mass is 315 g/mol. The second-order valence-electron chi connectivity index (χ2n) is 6.36. The Balaban J connectivity index is 1.20. The first-order valence-corrected chi connectivity index (χ1v) is 8.15. The molecule has 2 aliphatic rings. The molecule has 1 aliphatic carbocycles. The van der Waals surface area contributed by atoms with E-state index in [0.717, 1.165) is 24.0 Å². The molecule has 0 bridgehead atoms. The van der Waals surface area contributed by atoms with Gasteiger partial charge in [0.2, 0.25) is 0 Å². The number of aryl methyl sites for hydroxylation is 1. The summed E-state index contributed by atoms with van der Waals surface area (Å²) in [6.07, 6.45) is 2.82. The van der Waals surface area contributed by atoms with Crippen LogP contribution in [-0.2, 0) is 6.61 Å². The highest BCUT2D eigenvalue weighted by Gasteiger charge is 2.38. The largest absolute Gasteiger partial charge is 0.492 e. The van der Waals surface area contributed by atoms with Crippen molar-refractivity contribution in [3.05, 3.63) is 36.0 Å². The highest BCUT2D eigenvalue weighted by Crippen LogP contribution is 2.33. The van der Waals surface area contributed by atoms with Crippen LogP contribution >= 0.6 is 0 Å². The van der Waals surface area contributed by atoms with Gasteiger partial charge in [0.1, 0.15) is 18.1 Å². The van der Waals surface area contributed by atoms with Gasteiger partial charge in [0.05, 0.1) is 6.04 Å². The molecule has 23 heavy (non-hydrogen) atoms. The first-order valence-electron chi connectivity index (χ1n) is 8.15. The van der Waals surface area contributed by atoms with Gasteiger partial charge in [-0.05, 0) is 49.9 Å². The number of nitrogens with zero attached hydrogens (tertiary/aromatic N) is 3. The molecule has 0 amide bonds. The molecule has 2 fully saturated rings. The average molecular weight is 315 g/mol. The first kappa shape index (κ1) is 14.5. The maximum atomic E-state index is 5.85. The van der Waals surface area contributed by atoms with Crippen molar-refractivity contribution in [1.29, 1.82) is 0 Å². The van der Waals surface area contributed by atoms with Gasteiger partial charge in [-0.15, -0.1) is 0 Å². The summed E-state index contributed by atoms with van der Waals surface area (Å²) in [5.41, 5.74) is 0. The maximum Gasteiger partial charge on any atom is 0.264 e. The van der Waals surface area contributed by atoms with Crippen LogP contribution in [0.5, 0.6) is 11.5 Å². The van der Waals surface area contributed by atoms with E-state index in [1.54, 1.807) is 6.92 Å². The molecule has 1 saturated carbocycles. The molecule has 1 aromatic heterocycles.